The topological polar surface area (TPSA) is 400 Å². The fraction of sp³-hybridized carbons (Fsp3) is 0.909. The van der Waals surface area contributed by atoms with Crippen molar-refractivity contribution in [2.75, 3.05) is 45.9 Å². The Bertz CT molecular complexity index is 1270. The van der Waals surface area contributed by atoms with Crippen LogP contribution in [-0.4, -0.2) is 215 Å². The van der Waals surface area contributed by atoms with E-state index >= 15 is 0 Å². The van der Waals surface area contributed by atoms with E-state index in [2.05, 4.69) is 16.0 Å². The summed E-state index contributed by atoms with van der Waals surface area (Å²) in [5, 5.41) is 94.0. The number of rotatable bonds is 16. The van der Waals surface area contributed by atoms with Gasteiger partial charge in [0.1, 0.15) is 61.0 Å². The monoisotopic (exact) mass is 810 g/mol. The molecule has 1 saturated carbocycles. The van der Waals surface area contributed by atoms with Crippen LogP contribution >= 0.6 is 0 Å². The maximum atomic E-state index is 12.8. The summed E-state index contributed by atoms with van der Waals surface area (Å²) in [6, 6.07) is -4.33. The molecule has 4 heterocycles. The molecule has 0 radical (unpaired) electrons. The number of aliphatic hydroxyl groups is 8. The first-order chi connectivity index (χ1) is 26.6. The molecule has 4 aliphatic heterocycles. The Morgan fingerprint density at radius 3 is 2.18 bits per heavy atom. The van der Waals surface area contributed by atoms with Crippen LogP contribution in [0.15, 0.2) is 12.2 Å². The summed E-state index contributed by atoms with van der Waals surface area (Å²) in [4.78, 5) is 12.8. The number of amides is 1. The third-order valence-corrected chi connectivity index (χ3v) is 11.1. The minimum Gasteiger partial charge on any atom is -0.394 e. The van der Waals surface area contributed by atoms with Gasteiger partial charge in [-0.2, -0.15) is 0 Å². The lowest BCUT2D eigenvalue weighted by molar-refractivity contribution is -0.284. The second-order valence-corrected chi connectivity index (χ2v) is 15.2. The minimum atomic E-state index is -1.94. The Kier molecular flexibility index (Phi) is 16.3. The van der Waals surface area contributed by atoms with E-state index in [-0.39, 0.29) is 13.0 Å². The number of carbonyl (C=O) groups excluding carboxylic acids is 1. The molecule has 324 valence electrons. The lowest BCUT2D eigenvalue weighted by atomic mass is 9.83. The average molecular weight is 811 g/mol. The summed E-state index contributed by atoms with van der Waals surface area (Å²) in [5.74, 6) is -1.05. The van der Waals surface area contributed by atoms with Crippen LogP contribution < -0.4 is 44.6 Å². The van der Waals surface area contributed by atoms with Crippen LogP contribution in [0.25, 0.3) is 0 Å². The zero-order valence-corrected chi connectivity index (χ0v) is 31.0. The second kappa shape index (κ2) is 20.1. The number of hydrogen-bond donors (Lipinski definition) is 16. The fourth-order valence-electron chi connectivity index (χ4n) is 7.56. The van der Waals surface area contributed by atoms with E-state index in [1.165, 1.54) is 0 Å². The Morgan fingerprint density at radius 2 is 1.52 bits per heavy atom. The number of ether oxygens (including phenoxy) is 6. The highest BCUT2D eigenvalue weighted by Gasteiger charge is 2.54. The molecule has 5 rings (SSSR count). The number of piperidine rings is 1. The van der Waals surface area contributed by atoms with Gasteiger partial charge in [-0.1, -0.05) is 12.2 Å². The summed E-state index contributed by atoms with van der Waals surface area (Å²) in [7, 11) is 0. The fourth-order valence-corrected chi connectivity index (χ4v) is 7.56. The average Bonchev–Trinajstić information content (AvgIpc) is 3.48. The van der Waals surface area contributed by atoms with Crippen LogP contribution in [0.5, 0.6) is 0 Å². The molecular weight excluding hydrogens is 748 g/mol. The van der Waals surface area contributed by atoms with Gasteiger partial charge in [-0.05, 0) is 32.4 Å². The van der Waals surface area contributed by atoms with E-state index in [1.807, 2.05) is 0 Å². The maximum Gasteiger partial charge on any atom is 0.251 e. The lowest BCUT2D eigenvalue weighted by Crippen LogP contribution is -2.67. The first-order valence-corrected chi connectivity index (χ1v) is 19.0. The molecule has 0 aromatic heterocycles. The quantitative estimate of drug-likeness (QED) is 0.0643. The molecule has 0 bridgehead atoms. The number of nitrogens with two attached hydrogens (primary N) is 5. The van der Waals surface area contributed by atoms with Crippen LogP contribution in [-0.2, 0) is 33.2 Å². The van der Waals surface area contributed by atoms with E-state index in [0.29, 0.717) is 39.0 Å². The van der Waals surface area contributed by atoms with Gasteiger partial charge in [-0.15, -0.1) is 0 Å². The molecule has 1 amide bonds. The third-order valence-electron chi connectivity index (χ3n) is 11.1. The Morgan fingerprint density at radius 1 is 0.857 bits per heavy atom. The molecule has 23 nitrogen and oxygen atoms in total. The molecule has 23 heteroatoms. The van der Waals surface area contributed by atoms with Crippen LogP contribution in [0.3, 0.4) is 0 Å². The minimum absolute atomic E-state index is 0.133. The third kappa shape index (κ3) is 10.6. The molecule has 3 saturated heterocycles. The zero-order chi connectivity index (χ0) is 40.9. The van der Waals surface area contributed by atoms with Crippen molar-refractivity contribution in [1.29, 1.82) is 0 Å². The largest absolute Gasteiger partial charge is 0.394 e. The van der Waals surface area contributed by atoms with Crippen molar-refractivity contribution in [3.05, 3.63) is 12.2 Å². The van der Waals surface area contributed by atoms with Gasteiger partial charge in [0.2, 0.25) is 0 Å². The molecule has 0 spiro atoms. The second-order valence-electron chi connectivity index (χ2n) is 15.2. The van der Waals surface area contributed by atoms with Crippen molar-refractivity contribution in [2.45, 2.75) is 141 Å². The number of carbonyl (C=O) groups is 1. The molecule has 21 N–H and O–H groups in total. The van der Waals surface area contributed by atoms with E-state index in [1.54, 1.807) is 12.2 Å². The molecule has 0 aromatic rings. The Balaban J connectivity index is 1.32. The normalized spacial score (nSPS) is 44.0. The van der Waals surface area contributed by atoms with Gasteiger partial charge in [-0.25, -0.2) is 0 Å². The first-order valence-electron chi connectivity index (χ1n) is 19.0. The van der Waals surface area contributed by atoms with Crippen LogP contribution in [0, 0.1) is 0 Å². The summed E-state index contributed by atoms with van der Waals surface area (Å²) < 4.78 is 36.0. The molecule has 56 heavy (non-hydrogen) atoms. The van der Waals surface area contributed by atoms with E-state index in [0.717, 1.165) is 0 Å². The van der Waals surface area contributed by atoms with Crippen molar-refractivity contribution < 1.29 is 74.1 Å². The predicted octanol–water partition coefficient (Wildman–Crippen LogP) is -9.48. The highest BCUT2D eigenvalue weighted by atomic mass is 16.8. The van der Waals surface area contributed by atoms with E-state index in [9.17, 15) is 45.6 Å². The summed E-state index contributed by atoms with van der Waals surface area (Å²) in [6.45, 7) is 0.693. The number of nitrogens with one attached hydrogen (secondary N) is 3. The standard InChI is InChI=1S/C33H62N8O15/c34-8-17(43)22(45)29(49)41-16-7-15(37)26(54-30-14(36)2-1-13(51-30)10-40-12-33(50)3-5-39-6-4-33)28(21(16)44)56-32-25(48)27(19(11-42)53-32)55-31-20(38)24(47)23(46)18(9-35)52-31/h1-2,13-28,30-32,39-40,42-48,50H,3-12,34-38H2,(H,41,49)/t13-,14+,15-,16+,17-,18-,19+,20+,21-,22-,23+,24+,25+,26+,27+,28+,30+,31+,32-/m0/s1. The van der Waals surface area contributed by atoms with Crippen LogP contribution in [0.4, 0.5) is 0 Å². The summed E-state index contributed by atoms with van der Waals surface area (Å²) >= 11 is 0. The van der Waals surface area contributed by atoms with Crippen molar-refractivity contribution in [3.63, 3.8) is 0 Å². The van der Waals surface area contributed by atoms with Crippen molar-refractivity contribution in [3.8, 4) is 0 Å². The Hall–Kier alpha value is -1.63. The number of hydrogen-bond acceptors (Lipinski definition) is 22. The van der Waals surface area contributed by atoms with E-state index in [4.69, 9.17) is 57.1 Å². The predicted molar refractivity (Wildman–Crippen MR) is 191 cm³/mol. The van der Waals surface area contributed by atoms with Gasteiger partial charge >= 0.3 is 0 Å². The van der Waals surface area contributed by atoms with Crippen molar-refractivity contribution >= 4 is 5.91 Å². The van der Waals surface area contributed by atoms with Gasteiger partial charge in [0.05, 0.1) is 36.4 Å². The van der Waals surface area contributed by atoms with Gasteiger partial charge in [0.15, 0.2) is 25.0 Å². The highest BCUT2D eigenvalue weighted by Crippen LogP contribution is 2.34. The Labute approximate surface area is 323 Å². The lowest BCUT2D eigenvalue weighted by Gasteiger charge is -2.46. The zero-order valence-electron chi connectivity index (χ0n) is 31.0. The van der Waals surface area contributed by atoms with Crippen LogP contribution in [0.2, 0.25) is 0 Å². The van der Waals surface area contributed by atoms with Gasteiger partial charge < -0.3 is 114 Å². The van der Waals surface area contributed by atoms with Gasteiger partial charge in [-0.3, -0.25) is 4.79 Å². The molecule has 19 atom stereocenters. The smallest absolute Gasteiger partial charge is 0.251 e. The van der Waals surface area contributed by atoms with Gasteiger partial charge in [0.25, 0.3) is 5.91 Å². The molecule has 0 aromatic carbocycles. The van der Waals surface area contributed by atoms with Crippen LogP contribution in [0.1, 0.15) is 19.3 Å². The molecule has 5 aliphatic rings. The molecule has 4 fully saturated rings. The molecule has 0 unspecified atom stereocenters. The summed E-state index contributed by atoms with van der Waals surface area (Å²) in [5.41, 5.74) is 29.2. The molecular formula is C33H62N8O15. The van der Waals surface area contributed by atoms with Crippen molar-refractivity contribution in [2.24, 2.45) is 28.7 Å². The number of aliphatic hydroxyl groups excluding tert-OH is 7. The first kappa shape index (κ1) is 45.5. The highest BCUT2D eigenvalue weighted by molar-refractivity contribution is 5.81. The summed E-state index contributed by atoms with van der Waals surface area (Å²) in [6.07, 6.45) is -16.6. The van der Waals surface area contributed by atoms with Gasteiger partial charge in [0, 0.05) is 32.2 Å². The van der Waals surface area contributed by atoms with E-state index < -0.39 is 141 Å². The SMILES string of the molecule is NC[C@@H]1O[C@H](O[C@H]2[C@@H](O)[C@H](O[C@@H]3[C@@H](O)[C@H](NC(=O)[C@@H](O)[C@@H](O)CN)C[C@H](N)[C@H]3O[C@H]3O[C@H](CNCC4(O)CCNCC4)C=C[C@H]3N)O[C@@H]2CO)[C@H](N)[C@@H](O)[C@@H]1O. The van der Waals surface area contributed by atoms with Crippen molar-refractivity contribution in [1.82, 2.24) is 16.0 Å². The molecule has 1 aliphatic carbocycles. The maximum absolute atomic E-state index is 12.8.